The Morgan fingerprint density at radius 1 is 0.909 bits per heavy atom. The lowest BCUT2D eigenvalue weighted by atomic mass is 10.4. The molecule has 0 saturated heterocycles. The van der Waals surface area contributed by atoms with Crippen LogP contribution in [0.4, 0.5) is 0 Å². The zero-order valence-electron chi connectivity index (χ0n) is 6.87. The van der Waals surface area contributed by atoms with Crippen LogP contribution in [0.2, 0.25) is 0 Å². The minimum atomic E-state index is -0.509. The third-order valence-corrected chi connectivity index (χ3v) is 0.952. The third-order valence-electron chi connectivity index (χ3n) is 0.952. The average molecular weight is 164 g/mol. The SMILES string of the molecule is NCC(O)CN.NCCCN. The second-order valence-corrected chi connectivity index (χ2v) is 2.06. The second-order valence-electron chi connectivity index (χ2n) is 2.06. The van der Waals surface area contributed by atoms with Gasteiger partial charge in [-0.3, -0.25) is 0 Å². The van der Waals surface area contributed by atoms with Gasteiger partial charge in [-0.05, 0) is 19.5 Å². The van der Waals surface area contributed by atoms with Crippen molar-refractivity contribution in [3.05, 3.63) is 0 Å². The van der Waals surface area contributed by atoms with E-state index in [1.54, 1.807) is 0 Å². The van der Waals surface area contributed by atoms with Crippen molar-refractivity contribution < 1.29 is 5.11 Å². The molecule has 0 atom stereocenters. The van der Waals surface area contributed by atoms with E-state index < -0.39 is 6.10 Å². The highest BCUT2D eigenvalue weighted by atomic mass is 16.3. The summed E-state index contributed by atoms with van der Waals surface area (Å²) in [7, 11) is 0. The first kappa shape index (κ1) is 13.4. The summed E-state index contributed by atoms with van der Waals surface area (Å²) in [6, 6.07) is 0. The molecule has 0 fully saturated rings. The molecule has 11 heavy (non-hydrogen) atoms. The molecular weight excluding hydrogens is 144 g/mol. The number of aliphatic hydroxyl groups excluding tert-OH is 1. The molecule has 0 unspecified atom stereocenters. The minimum Gasteiger partial charge on any atom is -0.390 e. The Morgan fingerprint density at radius 3 is 1.27 bits per heavy atom. The summed E-state index contributed by atoms with van der Waals surface area (Å²) in [5.74, 6) is 0. The fourth-order valence-electron chi connectivity index (χ4n) is 0.214. The molecule has 9 N–H and O–H groups in total. The van der Waals surface area contributed by atoms with Gasteiger partial charge in [0.25, 0.3) is 0 Å². The standard InChI is InChI=1S/C3H10N2O.C3H10N2/c4-1-3(6)2-5;4-2-1-3-5/h3,6H,1-2,4-5H2;1-5H2. The molecule has 0 aromatic carbocycles. The summed E-state index contributed by atoms with van der Waals surface area (Å²) in [5, 5.41) is 8.42. The zero-order chi connectivity index (χ0) is 9.11. The van der Waals surface area contributed by atoms with Gasteiger partial charge in [0.15, 0.2) is 0 Å². The van der Waals surface area contributed by atoms with E-state index in [2.05, 4.69) is 0 Å². The first-order valence-corrected chi connectivity index (χ1v) is 3.71. The molecule has 5 nitrogen and oxygen atoms in total. The molecule has 0 aliphatic carbocycles. The van der Waals surface area contributed by atoms with E-state index in [4.69, 9.17) is 28.0 Å². The molecule has 0 bridgehead atoms. The first-order valence-electron chi connectivity index (χ1n) is 3.71. The number of hydrogen-bond acceptors (Lipinski definition) is 5. The predicted octanol–water partition coefficient (Wildman–Crippen LogP) is -2.44. The average Bonchev–Trinajstić information content (AvgIpc) is 2.06. The van der Waals surface area contributed by atoms with Gasteiger partial charge in [0.2, 0.25) is 0 Å². The Kier molecular flexibility index (Phi) is 15.2. The number of rotatable bonds is 4. The first-order chi connectivity index (χ1) is 5.22. The van der Waals surface area contributed by atoms with Crippen LogP contribution in [-0.2, 0) is 0 Å². The van der Waals surface area contributed by atoms with Crippen LogP contribution in [0.5, 0.6) is 0 Å². The molecule has 0 aliphatic heterocycles. The molecule has 0 rings (SSSR count). The molecule has 0 heterocycles. The minimum absolute atomic E-state index is 0.260. The van der Waals surface area contributed by atoms with Crippen molar-refractivity contribution in [3.8, 4) is 0 Å². The Hall–Kier alpha value is -0.200. The summed E-state index contributed by atoms with van der Waals surface area (Å²) < 4.78 is 0. The summed E-state index contributed by atoms with van der Waals surface area (Å²) in [5.41, 5.74) is 20.0. The number of aliphatic hydroxyl groups is 1. The van der Waals surface area contributed by atoms with Crippen LogP contribution in [0.3, 0.4) is 0 Å². The monoisotopic (exact) mass is 164 g/mol. The van der Waals surface area contributed by atoms with Gasteiger partial charge >= 0.3 is 0 Å². The van der Waals surface area contributed by atoms with Gasteiger partial charge in [-0.25, -0.2) is 0 Å². The van der Waals surface area contributed by atoms with Crippen LogP contribution in [0.25, 0.3) is 0 Å². The Bertz CT molecular complexity index is 56.5. The highest BCUT2D eigenvalue weighted by Gasteiger charge is 1.91. The van der Waals surface area contributed by atoms with Crippen molar-refractivity contribution in [2.24, 2.45) is 22.9 Å². The summed E-state index contributed by atoms with van der Waals surface area (Å²) in [6.45, 7) is 1.96. The van der Waals surface area contributed by atoms with Crippen molar-refractivity contribution in [3.63, 3.8) is 0 Å². The molecule has 70 valence electrons. The van der Waals surface area contributed by atoms with E-state index in [1.807, 2.05) is 0 Å². The van der Waals surface area contributed by atoms with Crippen molar-refractivity contribution in [1.82, 2.24) is 0 Å². The lowest BCUT2D eigenvalue weighted by molar-refractivity contribution is 0.191. The van der Waals surface area contributed by atoms with Crippen LogP contribution in [0.15, 0.2) is 0 Å². The van der Waals surface area contributed by atoms with Gasteiger partial charge in [0.1, 0.15) is 0 Å². The molecule has 0 aromatic rings. The zero-order valence-corrected chi connectivity index (χ0v) is 6.87. The quantitative estimate of drug-likeness (QED) is 0.316. The Morgan fingerprint density at radius 2 is 1.27 bits per heavy atom. The van der Waals surface area contributed by atoms with Crippen LogP contribution in [0.1, 0.15) is 6.42 Å². The smallest absolute Gasteiger partial charge is 0.0784 e. The van der Waals surface area contributed by atoms with Crippen LogP contribution < -0.4 is 22.9 Å². The molecule has 0 aliphatic rings. The normalized spacial score (nSPS) is 9.27. The largest absolute Gasteiger partial charge is 0.390 e. The van der Waals surface area contributed by atoms with Crippen molar-refractivity contribution in [2.45, 2.75) is 12.5 Å². The predicted molar refractivity (Wildman–Crippen MR) is 46.8 cm³/mol. The fraction of sp³-hybridized carbons (Fsp3) is 1.00. The highest BCUT2D eigenvalue weighted by Crippen LogP contribution is 1.66. The summed E-state index contributed by atoms with van der Waals surface area (Å²) in [4.78, 5) is 0. The number of hydrogen-bond donors (Lipinski definition) is 5. The van der Waals surface area contributed by atoms with Crippen LogP contribution in [-0.4, -0.2) is 37.4 Å². The lowest BCUT2D eigenvalue weighted by Gasteiger charge is -1.98. The molecule has 0 spiro atoms. The highest BCUT2D eigenvalue weighted by molar-refractivity contribution is 4.52. The van der Waals surface area contributed by atoms with Gasteiger partial charge < -0.3 is 28.0 Å². The molecule has 0 radical (unpaired) electrons. The van der Waals surface area contributed by atoms with Crippen LogP contribution >= 0.6 is 0 Å². The summed E-state index contributed by atoms with van der Waals surface area (Å²) in [6.07, 6.45) is 0.435. The number of nitrogens with two attached hydrogens (primary N) is 4. The van der Waals surface area contributed by atoms with Crippen molar-refractivity contribution >= 4 is 0 Å². The van der Waals surface area contributed by atoms with Gasteiger partial charge in [-0.1, -0.05) is 0 Å². The van der Waals surface area contributed by atoms with E-state index in [1.165, 1.54) is 0 Å². The van der Waals surface area contributed by atoms with E-state index >= 15 is 0 Å². The molecule has 0 amide bonds. The molecule has 5 heteroatoms. The Balaban J connectivity index is 0. The second kappa shape index (κ2) is 12.5. The topological polar surface area (TPSA) is 124 Å². The van der Waals surface area contributed by atoms with Crippen molar-refractivity contribution in [2.75, 3.05) is 26.2 Å². The third kappa shape index (κ3) is 17.7. The fourth-order valence-corrected chi connectivity index (χ4v) is 0.214. The summed E-state index contributed by atoms with van der Waals surface area (Å²) >= 11 is 0. The maximum Gasteiger partial charge on any atom is 0.0784 e. The van der Waals surface area contributed by atoms with E-state index in [-0.39, 0.29) is 13.1 Å². The van der Waals surface area contributed by atoms with Crippen LogP contribution in [0, 0.1) is 0 Å². The van der Waals surface area contributed by atoms with Crippen molar-refractivity contribution in [1.29, 1.82) is 0 Å². The lowest BCUT2D eigenvalue weighted by Crippen LogP contribution is -2.27. The Labute approximate surface area is 67.7 Å². The van der Waals surface area contributed by atoms with E-state index in [0.29, 0.717) is 0 Å². The molecule has 0 aromatic heterocycles. The van der Waals surface area contributed by atoms with Gasteiger partial charge in [0.05, 0.1) is 6.10 Å². The molecule has 0 saturated carbocycles. The maximum absolute atomic E-state index is 8.42. The van der Waals surface area contributed by atoms with E-state index in [9.17, 15) is 0 Å². The maximum atomic E-state index is 8.42. The molecular formula is C6H20N4O. The van der Waals surface area contributed by atoms with Gasteiger partial charge in [-0.15, -0.1) is 0 Å². The van der Waals surface area contributed by atoms with Gasteiger partial charge in [0, 0.05) is 13.1 Å². The van der Waals surface area contributed by atoms with Gasteiger partial charge in [-0.2, -0.15) is 0 Å². The van der Waals surface area contributed by atoms with E-state index in [0.717, 1.165) is 19.5 Å².